The molecule has 1 aliphatic heterocycles. The highest BCUT2D eigenvalue weighted by molar-refractivity contribution is 6.30. The Morgan fingerprint density at radius 1 is 1.00 bits per heavy atom. The van der Waals surface area contributed by atoms with Crippen molar-refractivity contribution in [2.75, 3.05) is 0 Å². The lowest BCUT2D eigenvalue weighted by Crippen LogP contribution is -2.11. The monoisotopic (exact) mass is 255 g/mol. The highest BCUT2D eigenvalue weighted by Gasteiger charge is 2.22. The van der Waals surface area contributed by atoms with Gasteiger partial charge >= 0.3 is 0 Å². The van der Waals surface area contributed by atoms with Gasteiger partial charge in [-0.15, -0.1) is 0 Å². The zero-order chi connectivity index (χ0) is 12.5. The Morgan fingerprint density at radius 3 is 2.56 bits per heavy atom. The summed E-state index contributed by atoms with van der Waals surface area (Å²) in [4.78, 5) is 11.8. The van der Waals surface area contributed by atoms with Crippen molar-refractivity contribution in [3.8, 4) is 0 Å². The molecular weight excluding hydrogens is 246 g/mol. The van der Waals surface area contributed by atoms with Gasteiger partial charge in [0.2, 0.25) is 0 Å². The molecule has 0 saturated heterocycles. The summed E-state index contributed by atoms with van der Waals surface area (Å²) in [6.45, 7) is 0. The Labute approximate surface area is 110 Å². The van der Waals surface area contributed by atoms with E-state index in [0.717, 1.165) is 16.8 Å². The number of rotatable bonds is 1. The Balaban J connectivity index is 2.07. The van der Waals surface area contributed by atoms with Crippen LogP contribution in [0.1, 0.15) is 21.5 Å². The summed E-state index contributed by atoms with van der Waals surface area (Å²) in [5, 5.41) is 3.55. The number of fused-ring (bicyclic) bond motifs is 1. The Bertz CT molecular complexity index is 661. The van der Waals surface area contributed by atoms with Crippen LogP contribution in [0.4, 0.5) is 0 Å². The van der Waals surface area contributed by atoms with Gasteiger partial charge in [0, 0.05) is 21.8 Å². The molecule has 0 atom stereocenters. The molecule has 0 aliphatic carbocycles. The van der Waals surface area contributed by atoms with Gasteiger partial charge in [0.05, 0.1) is 0 Å². The van der Waals surface area contributed by atoms with Crippen molar-refractivity contribution >= 4 is 29.3 Å². The highest BCUT2D eigenvalue weighted by atomic mass is 35.5. The topological polar surface area (TPSA) is 29.1 Å². The van der Waals surface area contributed by atoms with E-state index in [0.29, 0.717) is 10.6 Å². The van der Waals surface area contributed by atoms with Crippen LogP contribution in [-0.4, -0.2) is 5.91 Å². The fourth-order valence-corrected chi connectivity index (χ4v) is 2.25. The van der Waals surface area contributed by atoms with Gasteiger partial charge in [0.1, 0.15) is 0 Å². The molecule has 0 spiro atoms. The first-order valence-electron chi connectivity index (χ1n) is 5.62. The molecule has 0 saturated carbocycles. The van der Waals surface area contributed by atoms with Crippen molar-refractivity contribution in [1.29, 1.82) is 0 Å². The average Bonchev–Trinajstić information content (AvgIpc) is 2.67. The van der Waals surface area contributed by atoms with Crippen LogP contribution in [0, 0.1) is 0 Å². The second kappa shape index (κ2) is 4.31. The largest absolute Gasteiger partial charge is 0.321 e. The molecule has 2 aromatic rings. The van der Waals surface area contributed by atoms with Gasteiger partial charge in [-0.2, -0.15) is 0 Å². The molecule has 88 valence electrons. The van der Waals surface area contributed by atoms with Gasteiger partial charge in [-0.3, -0.25) is 4.79 Å². The third-order valence-corrected chi connectivity index (χ3v) is 3.10. The van der Waals surface area contributed by atoms with Crippen LogP contribution in [0.15, 0.2) is 48.5 Å². The Hall–Kier alpha value is -2.06. The number of hydrogen-bond donors (Lipinski definition) is 1. The van der Waals surface area contributed by atoms with E-state index in [9.17, 15) is 4.79 Å². The van der Waals surface area contributed by atoms with Gasteiger partial charge in [0.25, 0.3) is 5.91 Å². The third-order valence-electron chi connectivity index (χ3n) is 2.87. The lowest BCUT2D eigenvalue weighted by molar-refractivity contribution is 0.0981. The standard InChI is InChI=1S/C15H10ClNO/c16-11-5-3-4-10(8-11)9-14-12-6-1-2-7-13(12)15(18)17-14/h1-9H,(H,17,18)/b14-9-. The fraction of sp³-hybridized carbons (Fsp3) is 0. The molecule has 0 fully saturated rings. The lowest BCUT2D eigenvalue weighted by Gasteiger charge is -2.00. The van der Waals surface area contributed by atoms with E-state index in [1.165, 1.54) is 0 Å². The van der Waals surface area contributed by atoms with Gasteiger partial charge in [-0.05, 0) is 29.8 Å². The van der Waals surface area contributed by atoms with E-state index in [1.54, 1.807) is 0 Å². The summed E-state index contributed by atoms with van der Waals surface area (Å²) in [6.07, 6.45) is 1.93. The predicted molar refractivity (Wildman–Crippen MR) is 73.2 cm³/mol. The van der Waals surface area contributed by atoms with Gasteiger partial charge < -0.3 is 5.32 Å². The third kappa shape index (κ3) is 1.91. The summed E-state index contributed by atoms with van der Waals surface area (Å²) in [5.41, 5.74) is 3.43. The minimum atomic E-state index is -0.0566. The maximum atomic E-state index is 11.8. The van der Waals surface area contributed by atoms with Crippen LogP contribution in [0.3, 0.4) is 0 Å². The molecule has 18 heavy (non-hydrogen) atoms. The maximum absolute atomic E-state index is 11.8. The summed E-state index contributed by atoms with van der Waals surface area (Å²) in [7, 11) is 0. The van der Waals surface area contributed by atoms with E-state index in [2.05, 4.69) is 5.32 Å². The molecule has 0 aromatic heterocycles. The van der Waals surface area contributed by atoms with E-state index < -0.39 is 0 Å². The fourth-order valence-electron chi connectivity index (χ4n) is 2.05. The van der Waals surface area contributed by atoms with Gasteiger partial charge in [-0.25, -0.2) is 0 Å². The molecule has 0 unspecified atom stereocenters. The first-order valence-corrected chi connectivity index (χ1v) is 6.00. The van der Waals surface area contributed by atoms with Crippen molar-refractivity contribution in [3.63, 3.8) is 0 Å². The van der Waals surface area contributed by atoms with Crippen molar-refractivity contribution < 1.29 is 4.79 Å². The molecule has 1 N–H and O–H groups in total. The molecular formula is C15H10ClNO. The second-order valence-electron chi connectivity index (χ2n) is 4.11. The number of benzene rings is 2. The highest BCUT2D eigenvalue weighted by Crippen LogP contribution is 2.26. The normalized spacial score (nSPS) is 15.6. The summed E-state index contributed by atoms with van der Waals surface area (Å²) in [6, 6.07) is 15.1. The number of carbonyl (C=O) groups is 1. The SMILES string of the molecule is O=C1N/C(=C\c2cccc(Cl)c2)c2ccccc21. The molecule has 0 bridgehead atoms. The van der Waals surface area contributed by atoms with E-state index in [1.807, 2.05) is 54.6 Å². The Kier molecular flexibility index (Phi) is 2.65. The van der Waals surface area contributed by atoms with E-state index in [4.69, 9.17) is 11.6 Å². The van der Waals surface area contributed by atoms with Crippen LogP contribution in [0.25, 0.3) is 11.8 Å². The van der Waals surface area contributed by atoms with E-state index >= 15 is 0 Å². The van der Waals surface area contributed by atoms with Gasteiger partial charge in [-0.1, -0.05) is 41.9 Å². The average molecular weight is 256 g/mol. The van der Waals surface area contributed by atoms with Crippen molar-refractivity contribution in [2.24, 2.45) is 0 Å². The van der Waals surface area contributed by atoms with Crippen LogP contribution in [0.2, 0.25) is 5.02 Å². The van der Waals surface area contributed by atoms with Crippen molar-refractivity contribution in [3.05, 3.63) is 70.2 Å². The molecule has 3 heteroatoms. The summed E-state index contributed by atoms with van der Waals surface area (Å²) < 4.78 is 0. The van der Waals surface area contributed by atoms with Crippen LogP contribution >= 0.6 is 11.6 Å². The molecule has 1 aliphatic rings. The quantitative estimate of drug-likeness (QED) is 0.829. The molecule has 1 heterocycles. The molecule has 2 nitrogen and oxygen atoms in total. The minimum Gasteiger partial charge on any atom is -0.321 e. The van der Waals surface area contributed by atoms with Crippen LogP contribution < -0.4 is 5.32 Å². The number of amides is 1. The van der Waals surface area contributed by atoms with Crippen LogP contribution in [-0.2, 0) is 0 Å². The summed E-state index contributed by atoms with van der Waals surface area (Å²) >= 11 is 5.94. The zero-order valence-corrected chi connectivity index (χ0v) is 10.2. The molecule has 2 aromatic carbocycles. The number of carbonyl (C=O) groups excluding carboxylic acids is 1. The van der Waals surface area contributed by atoms with E-state index in [-0.39, 0.29) is 5.91 Å². The van der Waals surface area contributed by atoms with Crippen molar-refractivity contribution in [2.45, 2.75) is 0 Å². The first kappa shape index (κ1) is 11.1. The number of halogens is 1. The number of hydrogen-bond acceptors (Lipinski definition) is 1. The second-order valence-corrected chi connectivity index (χ2v) is 4.55. The zero-order valence-electron chi connectivity index (χ0n) is 9.48. The Morgan fingerprint density at radius 2 is 1.78 bits per heavy atom. The van der Waals surface area contributed by atoms with Crippen LogP contribution in [0.5, 0.6) is 0 Å². The first-order chi connectivity index (χ1) is 8.74. The van der Waals surface area contributed by atoms with Crippen molar-refractivity contribution in [1.82, 2.24) is 5.32 Å². The smallest absolute Gasteiger partial charge is 0.256 e. The maximum Gasteiger partial charge on any atom is 0.256 e. The molecule has 1 amide bonds. The number of nitrogens with one attached hydrogen (secondary N) is 1. The minimum absolute atomic E-state index is 0.0566. The molecule has 3 rings (SSSR count). The summed E-state index contributed by atoms with van der Waals surface area (Å²) in [5.74, 6) is -0.0566. The lowest BCUT2D eigenvalue weighted by atomic mass is 10.1. The predicted octanol–water partition coefficient (Wildman–Crippen LogP) is 3.58. The molecule has 0 radical (unpaired) electrons. The van der Waals surface area contributed by atoms with Gasteiger partial charge in [0.15, 0.2) is 0 Å².